The molecule has 15 heavy (non-hydrogen) atoms. The van der Waals surface area contributed by atoms with Gasteiger partial charge in [0.2, 0.25) is 0 Å². The fraction of sp³-hybridized carbons (Fsp3) is 0.357. The topological polar surface area (TPSA) is 12.9 Å². The molecule has 0 amide bonds. The first kappa shape index (κ1) is 10.2. The van der Waals surface area contributed by atoms with Gasteiger partial charge in [-0.25, -0.2) is 0 Å². The Hall–Kier alpha value is -1.37. The number of fused-ring (bicyclic) bond motifs is 1. The molecule has 0 atom stereocenters. The Bertz CT molecular complexity index is 492. The fourth-order valence-corrected chi connectivity index (χ4v) is 1.91. The molecule has 1 heteroatoms. The average molecular weight is 199 g/mol. The third-order valence-electron chi connectivity index (χ3n) is 2.71. The zero-order valence-corrected chi connectivity index (χ0v) is 9.83. The van der Waals surface area contributed by atoms with Crippen molar-refractivity contribution in [1.82, 2.24) is 4.98 Å². The zero-order valence-electron chi connectivity index (χ0n) is 9.83. The summed E-state index contributed by atoms with van der Waals surface area (Å²) in [5, 5.41) is 1.27. The van der Waals surface area contributed by atoms with Crippen molar-refractivity contribution in [3.05, 3.63) is 41.6 Å². The summed E-state index contributed by atoms with van der Waals surface area (Å²) < 4.78 is 0. The second kappa shape index (κ2) is 3.34. The predicted octanol–water partition coefficient (Wildman–Crippen LogP) is 3.84. The summed E-state index contributed by atoms with van der Waals surface area (Å²) in [6.07, 6.45) is 1.91. The van der Waals surface area contributed by atoms with Crippen molar-refractivity contribution in [3.63, 3.8) is 0 Å². The molecular formula is C14H17N. The van der Waals surface area contributed by atoms with E-state index in [0.29, 0.717) is 0 Å². The summed E-state index contributed by atoms with van der Waals surface area (Å²) in [6.45, 7) is 8.82. The van der Waals surface area contributed by atoms with E-state index in [1.54, 1.807) is 0 Å². The molecule has 0 saturated carbocycles. The highest BCUT2D eigenvalue weighted by atomic mass is 14.6. The molecule has 0 spiro atoms. The van der Waals surface area contributed by atoms with Gasteiger partial charge in [-0.2, -0.15) is 0 Å². The van der Waals surface area contributed by atoms with Crippen LogP contribution >= 0.6 is 0 Å². The summed E-state index contributed by atoms with van der Waals surface area (Å²) in [5.74, 6) is 0. The van der Waals surface area contributed by atoms with E-state index in [2.05, 4.69) is 56.9 Å². The van der Waals surface area contributed by atoms with Crippen LogP contribution in [0.25, 0.3) is 10.9 Å². The smallest absolute Gasteiger partial charge is 0.0707 e. The molecule has 0 aliphatic carbocycles. The Kier molecular flexibility index (Phi) is 2.26. The molecule has 78 valence electrons. The van der Waals surface area contributed by atoms with Crippen molar-refractivity contribution in [2.24, 2.45) is 0 Å². The number of hydrogen-bond donors (Lipinski definition) is 0. The summed E-state index contributed by atoms with van der Waals surface area (Å²) in [4.78, 5) is 4.42. The number of aromatic nitrogens is 1. The van der Waals surface area contributed by atoms with Gasteiger partial charge in [-0.15, -0.1) is 0 Å². The number of aryl methyl sites for hydroxylation is 1. The summed E-state index contributed by atoms with van der Waals surface area (Å²) in [7, 11) is 0. The molecule has 0 saturated heterocycles. The van der Waals surface area contributed by atoms with E-state index in [4.69, 9.17) is 0 Å². The van der Waals surface area contributed by atoms with Crippen LogP contribution in [0.5, 0.6) is 0 Å². The zero-order chi connectivity index (χ0) is 11.1. The van der Waals surface area contributed by atoms with Crippen molar-refractivity contribution >= 4 is 10.9 Å². The molecule has 0 bridgehead atoms. The van der Waals surface area contributed by atoms with E-state index < -0.39 is 0 Å². The van der Waals surface area contributed by atoms with Crippen LogP contribution in [-0.2, 0) is 5.41 Å². The molecule has 1 aromatic heterocycles. The van der Waals surface area contributed by atoms with Gasteiger partial charge in [-0.1, -0.05) is 32.9 Å². The lowest BCUT2D eigenvalue weighted by Gasteiger charge is -2.20. The minimum absolute atomic E-state index is 0.177. The first-order valence-corrected chi connectivity index (χ1v) is 5.34. The van der Waals surface area contributed by atoms with Crippen LogP contribution in [-0.4, -0.2) is 4.98 Å². The van der Waals surface area contributed by atoms with Crippen molar-refractivity contribution < 1.29 is 0 Å². The summed E-state index contributed by atoms with van der Waals surface area (Å²) in [6, 6.07) is 8.60. The van der Waals surface area contributed by atoms with E-state index >= 15 is 0 Å². The van der Waals surface area contributed by atoms with Crippen LogP contribution in [0, 0.1) is 6.92 Å². The second-order valence-electron chi connectivity index (χ2n) is 5.13. The Morgan fingerprint density at radius 3 is 2.47 bits per heavy atom. The lowest BCUT2D eigenvalue weighted by Crippen LogP contribution is -2.11. The predicted molar refractivity (Wildman–Crippen MR) is 65.2 cm³/mol. The molecule has 0 fully saturated rings. The first-order valence-electron chi connectivity index (χ1n) is 5.34. The molecule has 2 rings (SSSR count). The molecule has 1 heterocycles. The Balaban J connectivity index is 2.77. The molecule has 1 aromatic carbocycles. The number of nitrogens with zero attached hydrogens (tertiary/aromatic N) is 1. The maximum atomic E-state index is 4.42. The van der Waals surface area contributed by atoms with Crippen LogP contribution < -0.4 is 0 Å². The van der Waals surface area contributed by atoms with E-state index in [1.165, 1.54) is 16.5 Å². The Morgan fingerprint density at radius 1 is 1.07 bits per heavy atom. The highest BCUT2D eigenvalue weighted by Gasteiger charge is 2.16. The minimum atomic E-state index is 0.177. The second-order valence-corrected chi connectivity index (χ2v) is 5.13. The largest absolute Gasteiger partial charge is 0.256 e. The van der Waals surface area contributed by atoms with Crippen molar-refractivity contribution in [1.29, 1.82) is 0 Å². The Labute approximate surface area is 91.2 Å². The van der Waals surface area contributed by atoms with Crippen molar-refractivity contribution in [2.45, 2.75) is 33.1 Å². The quantitative estimate of drug-likeness (QED) is 0.628. The number of benzene rings is 1. The monoisotopic (exact) mass is 199 g/mol. The number of pyridine rings is 1. The van der Waals surface area contributed by atoms with Gasteiger partial charge in [0.25, 0.3) is 0 Å². The molecule has 0 unspecified atom stereocenters. The Morgan fingerprint density at radius 2 is 1.80 bits per heavy atom. The lowest BCUT2D eigenvalue weighted by molar-refractivity contribution is 0.595. The highest BCUT2D eigenvalue weighted by molar-refractivity contribution is 5.83. The highest BCUT2D eigenvalue weighted by Crippen LogP contribution is 2.28. The maximum Gasteiger partial charge on any atom is 0.0707 e. The van der Waals surface area contributed by atoms with Gasteiger partial charge in [0.1, 0.15) is 0 Å². The summed E-state index contributed by atoms with van der Waals surface area (Å²) in [5.41, 5.74) is 3.91. The minimum Gasteiger partial charge on any atom is -0.256 e. The van der Waals surface area contributed by atoms with Crippen LogP contribution in [0.3, 0.4) is 0 Å². The van der Waals surface area contributed by atoms with E-state index in [9.17, 15) is 0 Å². The van der Waals surface area contributed by atoms with Crippen LogP contribution in [0.4, 0.5) is 0 Å². The molecule has 0 aliphatic rings. The van der Waals surface area contributed by atoms with Gasteiger partial charge in [-0.3, -0.25) is 4.98 Å². The van der Waals surface area contributed by atoms with Gasteiger partial charge in [0.15, 0.2) is 0 Å². The van der Waals surface area contributed by atoms with Crippen molar-refractivity contribution in [2.75, 3.05) is 0 Å². The molecule has 0 aliphatic heterocycles. The van der Waals surface area contributed by atoms with Gasteiger partial charge < -0.3 is 0 Å². The lowest BCUT2D eigenvalue weighted by atomic mass is 9.85. The standard InChI is InChI=1S/C14H17N/c1-10-5-6-11-12(14(2,3)4)7-8-15-13(11)9-10/h5-9H,1-4H3. The van der Waals surface area contributed by atoms with Gasteiger partial charge in [0.05, 0.1) is 5.52 Å². The maximum absolute atomic E-state index is 4.42. The number of hydrogen-bond acceptors (Lipinski definition) is 1. The summed E-state index contributed by atoms with van der Waals surface area (Å²) >= 11 is 0. The molecule has 0 radical (unpaired) electrons. The van der Waals surface area contributed by atoms with Gasteiger partial charge in [0, 0.05) is 11.6 Å². The van der Waals surface area contributed by atoms with Crippen LogP contribution in [0.2, 0.25) is 0 Å². The molecule has 2 aromatic rings. The van der Waals surface area contributed by atoms with E-state index in [1.807, 2.05) is 6.20 Å². The SMILES string of the molecule is Cc1ccc2c(C(C)(C)C)ccnc2c1. The molecule has 1 nitrogen and oxygen atoms in total. The average Bonchev–Trinajstić information content (AvgIpc) is 2.15. The van der Waals surface area contributed by atoms with E-state index in [-0.39, 0.29) is 5.41 Å². The van der Waals surface area contributed by atoms with Crippen LogP contribution in [0.1, 0.15) is 31.9 Å². The third-order valence-corrected chi connectivity index (χ3v) is 2.71. The molecule has 0 N–H and O–H groups in total. The van der Waals surface area contributed by atoms with Crippen molar-refractivity contribution in [3.8, 4) is 0 Å². The first-order chi connectivity index (χ1) is 6.98. The fourth-order valence-electron chi connectivity index (χ4n) is 1.91. The van der Waals surface area contributed by atoms with Crippen LogP contribution in [0.15, 0.2) is 30.5 Å². The normalized spacial score (nSPS) is 12.0. The van der Waals surface area contributed by atoms with E-state index in [0.717, 1.165) is 5.52 Å². The third kappa shape index (κ3) is 1.87. The number of rotatable bonds is 0. The van der Waals surface area contributed by atoms with Gasteiger partial charge >= 0.3 is 0 Å². The van der Waals surface area contributed by atoms with Gasteiger partial charge in [-0.05, 0) is 35.6 Å². The molecular weight excluding hydrogens is 182 g/mol.